The number of aliphatic imine (C=N–C) groups is 2. The van der Waals surface area contributed by atoms with Crippen LogP contribution in [-0.4, -0.2) is 60.8 Å². The first-order chi connectivity index (χ1) is 14.2. The van der Waals surface area contributed by atoms with E-state index in [1.54, 1.807) is 11.8 Å². The Morgan fingerprint density at radius 1 is 1.03 bits per heavy atom. The second-order valence-electron chi connectivity index (χ2n) is 6.97. The highest BCUT2D eigenvalue weighted by molar-refractivity contribution is 8.14. The zero-order chi connectivity index (χ0) is 20.1. The zero-order valence-corrected chi connectivity index (χ0v) is 18.4. The molecule has 0 N–H and O–H groups in total. The number of halogens is 2. The molecule has 2 aromatic rings. The average Bonchev–Trinajstić information content (AvgIpc) is 2.91. The summed E-state index contributed by atoms with van der Waals surface area (Å²) >= 11 is 14.5. The molecule has 7 heteroatoms. The van der Waals surface area contributed by atoms with Crippen molar-refractivity contribution in [2.24, 2.45) is 9.98 Å². The van der Waals surface area contributed by atoms with E-state index < -0.39 is 0 Å². The third kappa shape index (κ3) is 5.41. The van der Waals surface area contributed by atoms with E-state index in [0.29, 0.717) is 16.6 Å². The summed E-state index contributed by atoms with van der Waals surface area (Å²) in [5.74, 6) is 1.02. The number of fused-ring (bicyclic) bond motifs is 1. The van der Waals surface area contributed by atoms with Crippen LogP contribution in [0.15, 0.2) is 52.4 Å². The molecule has 0 aliphatic carbocycles. The lowest BCUT2D eigenvalue weighted by molar-refractivity contribution is 0.0381. The summed E-state index contributed by atoms with van der Waals surface area (Å²) in [5.41, 5.74) is 3.57. The van der Waals surface area contributed by atoms with Gasteiger partial charge in [-0.2, -0.15) is 0 Å². The van der Waals surface area contributed by atoms with E-state index in [-0.39, 0.29) is 0 Å². The minimum Gasteiger partial charge on any atom is -0.379 e. The summed E-state index contributed by atoms with van der Waals surface area (Å²) in [5, 5.41) is 2.37. The molecule has 1 fully saturated rings. The lowest BCUT2D eigenvalue weighted by Gasteiger charge is -2.26. The van der Waals surface area contributed by atoms with Crippen molar-refractivity contribution in [1.82, 2.24) is 4.90 Å². The topological polar surface area (TPSA) is 37.2 Å². The van der Waals surface area contributed by atoms with Crippen molar-refractivity contribution in [3.8, 4) is 0 Å². The van der Waals surface area contributed by atoms with E-state index in [0.717, 1.165) is 72.6 Å². The minimum absolute atomic E-state index is 0.551. The van der Waals surface area contributed by atoms with Crippen LogP contribution < -0.4 is 0 Å². The molecular weight excluding hydrogens is 425 g/mol. The molecule has 2 aromatic carbocycles. The number of morpholine rings is 1. The maximum atomic E-state index is 6.46. The molecule has 1 saturated heterocycles. The highest BCUT2D eigenvalue weighted by Gasteiger charge is 2.19. The molecule has 29 heavy (non-hydrogen) atoms. The van der Waals surface area contributed by atoms with Gasteiger partial charge in [-0.25, -0.2) is 4.99 Å². The van der Waals surface area contributed by atoms with Crippen molar-refractivity contribution in [3.63, 3.8) is 0 Å². The van der Waals surface area contributed by atoms with Crippen LogP contribution in [0.5, 0.6) is 0 Å². The highest BCUT2D eigenvalue weighted by Crippen LogP contribution is 2.31. The standard InChI is InChI=1S/C22H23Cl2N3OS/c23-16-6-7-20-18(14-16)22(17-4-1-2-5-19(17)24)25-15-21(26-20)29-13-3-8-27-9-11-28-12-10-27/h1-2,4-7,14H,3,8-13,15H2. The van der Waals surface area contributed by atoms with Crippen LogP contribution in [-0.2, 0) is 4.74 Å². The monoisotopic (exact) mass is 447 g/mol. The fraction of sp³-hybridized carbons (Fsp3) is 0.364. The van der Waals surface area contributed by atoms with Crippen LogP contribution in [0.4, 0.5) is 5.69 Å². The highest BCUT2D eigenvalue weighted by atomic mass is 35.5. The molecule has 4 nitrogen and oxygen atoms in total. The number of benzene rings is 2. The molecule has 0 atom stereocenters. The van der Waals surface area contributed by atoms with E-state index in [9.17, 15) is 0 Å². The molecule has 2 aliphatic rings. The van der Waals surface area contributed by atoms with Crippen molar-refractivity contribution >= 4 is 51.4 Å². The van der Waals surface area contributed by atoms with E-state index in [1.165, 1.54) is 0 Å². The van der Waals surface area contributed by atoms with Crippen molar-refractivity contribution in [2.45, 2.75) is 6.42 Å². The predicted octanol–water partition coefficient (Wildman–Crippen LogP) is 5.33. The van der Waals surface area contributed by atoms with Gasteiger partial charge in [0.25, 0.3) is 0 Å². The summed E-state index contributed by atoms with van der Waals surface area (Å²) in [6.45, 7) is 5.41. The summed E-state index contributed by atoms with van der Waals surface area (Å²) in [6, 6.07) is 13.5. The van der Waals surface area contributed by atoms with Crippen molar-refractivity contribution in [3.05, 3.63) is 63.6 Å². The lowest BCUT2D eigenvalue weighted by Crippen LogP contribution is -2.37. The first-order valence-electron chi connectivity index (χ1n) is 9.80. The molecule has 0 saturated carbocycles. The first kappa shape index (κ1) is 20.9. The average molecular weight is 448 g/mol. The lowest BCUT2D eigenvalue weighted by atomic mass is 10.0. The van der Waals surface area contributed by atoms with E-state index in [2.05, 4.69) is 4.90 Å². The number of nitrogens with zero attached hydrogens (tertiary/aromatic N) is 3. The number of ether oxygens (including phenoxy) is 1. The van der Waals surface area contributed by atoms with Gasteiger partial charge in [0.15, 0.2) is 0 Å². The van der Waals surface area contributed by atoms with Crippen LogP contribution in [0.1, 0.15) is 17.5 Å². The van der Waals surface area contributed by atoms with Crippen LogP contribution in [0, 0.1) is 0 Å². The number of hydrogen-bond acceptors (Lipinski definition) is 5. The Bertz CT molecular complexity index is 926. The Hall–Kier alpha value is -1.37. The van der Waals surface area contributed by atoms with Gasteiger partial charge in [0.1, 0.15) is 0 Å². The Morgan fingerprint density at radius 2 is 1.86 bits per heavy atom. The minimum atomic E-state index is 0.551. The van der Waals surface area contributed by atoms with E-state index in [4.69, 9.17) is 37.9 Å². The Morgan fingerprint density at radius 3 is 2.69 bits per heavy atom. The van der Waals surface area contributed by atoms with Crippen LogP contribution in [0.3, 0.4) is 0 Å². The summed E-state index contributed by atoms with van der Waals surface area (Å²) in [4.78, 5) is 12.2. The summed E-state index contributed by atoms with van der Waals surface area (Å²) < 4.78 is 5.41. The largest absolute Gasteiger partial charge is 0.379 e. The van der Waals surface area contributed by atoms with E-state index >= 15 is 0 Å². The van der Waals surface area contributed by atoms with Crippen LogP contribution in [0.25, 0.3) is 0 Å². The Labute approximate surface area is 186 Å². The fourth-order valence-electron chi connectivity index (χ4n) is 3.46. The smallest absolute Gasteiger partial charge is 0.0954 e. The normalized spacial score (nSPS) is 17.3. The molecule has 4 rings (SSSR count). The third-order valence-corrected chi connectivity index (χ3v) is 6.56. The van der Waals surface area contributed by atoms with Crippen LogP contribution in [0.2, 0.25) is 10.0 Å². The van der Waals surface area contributed by atoms with Crippen molar-refractivity contribution < 1.29 is 4.74 Å². The number of thioether (sulfide) groups is 1. The molecule has 0 amide bonds. The molecule has 0 radical (unpaired) electrons. The van der Waals surface area contributed by atoms with E-state index in [1.807, 2.05) is 42.5 Å². The first-order valence-corrected chi connectivity index (χ1v) is 11.5. The summed E-state index contributed by atoms with van der Waals surface area (Å²) in [7, 11) is 0. The molecular formula is C22H23Cl2N3OS. The van der Waals surface area contributed by atoms with Gasteiger partial charge in [0.2, 0.25) is 0 Å². The Kier molecular flexibility index (Phi) is 7.27. The maximum Gasteiger partial charge on any atom is 0.0954 e. The van der Waals surface area contributed by atoms with Gasteiger partial charge in [-0.15, -0.1) is 11.8 Å². The van der Waals surface area contributed by atoms with Gasteiger partial charge in [-0.1, -0.05) is 41.4 Å². The Balaban J connectivity index is 1.49. The van der Waals surface area contributed by atoms with Crippen molar-refractivity contribution in [2.75, 3.05) is 45.1 Å². The molecule has 2 aliphatic heterocycles. The molecule has 0 bridgehead atoms. The van der Waals surface area contributed by atoms with Crippen LogP contribution >= 0.6 is 35.0 Å². The second kappa shape index (κ2) is 10.1. The molecule has 0 spiro atoms. The second-order valence-corrected chi connectivity index (χ2v) is 8.98. The number of hydrogen-bond donors (Lipinski definition) is 0. The molecule has 2 heterocycles. The van der Waals surface area contributed by atoms with Gasteiger partial charge in [0.05, 0.1) is 36.2 Å². The zero-order valence-electron chi connectivity index (χ0n) is 16.1. The van der Waals surface area contributed by atoms with Gasteiger partial charge in [-0.05, 0) is 37.2 Å². The van der Waals surface area contributed by atoms with Gasteiger partial charge >= 0.3 is 0 Å². The van der Waals surface area contributed by atoms with Crippen molar-refractivity contribution in [1.29, 1.82) is 0 Å². The summed E-state index contributed by atoms with van der Waals surface area (Å²) in [6.07, 6.45) is 1.12. The quantitative estimate of drug-likeness (QED) is 0.581. The molecule has 0 aromatic heterocycles. The number of rotatable bonds is 5. The molecule has 152 valence electrons. The predicted molar refractivity (Wildman–Crippen MR) is 125 cm³/mol. The third-order valence-electron chi connectivity index (χ3n) is 4.95. The van der Waals surface area contributed by atoms with Gasteiger partial charge in [0, 0.05) is 40.0 Å². The molecule has 0 unspecified atom stereocenters. The maximum absolute atomic E-state index is 6.46. The van der Waals surface area contributed by atoms with Gasteiger partial charge in [-0.3, -0.25) is 9.89 Å². The van der Waals surface area contributed by atoms with Gasteiger partial charge < -0.3 is 4.74 Å². The SMILES string of the molecule is Clc1ccc2c(c1)C(c1ccccc1Cl)=NCC(SCCCN1CCOCC1)=N2. The fourth-order valence-corrected chi connectivity index (χ4v) is 4.69.